The zero-order valence-corrected chi connectivity index (χ0v) is 14.5. The lowest BCUT2D eigenvalue weighted by molar-refractivity contribution is -0.142. The minimum absolute atomic E-state index is 0.000885. The predicted molar refractivity (Wildman–Crippen MR) is 85.7 cm³/mol. The Balaban J connectivity index is 2.12. The van der Waals surface area contributed by atoms with Gasteiger partial charge >= 0.3 is 5.97 Å². The van der Waals surface area contributed by atoms with E-state index >= 15 is 0 Å². The number of fused-ring (bicyclic) bond motifs is 1. The first kappa shape index (κ1) is 18.9. The number of rotatable bonds is 7. The number of sulfonamides is 1. The van der Waals surface area contributed by atoms with Crippen LogP contribution >= 0.6 is 0 Å². The molecule has 1 heterocycles. The normalized spacial score (nSPS) is 15.3. The van der Waals surface area contributed by atoms with Gasteiger partial charge in [-0.1, -0.05) is 0 Å². The molecule has 0 saturated heterocycles. The summed E-state index contributed by atoms with van der Waals surface area (Å²) in [6.07, 6.45) is 0. The standard InChI is InChI=1S/C15H18N2O7S/c1-9(2)17-15(21)11-4-3-10(7-12(11)25(17,22)23)14(20)16-5-6-24-8-13(18)19/h3-4,7,9H,5-6,8H2,1-2H3,(H,16,20)(H,18,19). The van der Waals surface area contributed by atoms with Gasteiger partial charge in [0.25, 0.3) is 21.8 Å². The lowest BCUT2D eigenvalue weighted by atomic mass is 10.1. The molecule has 2 N–H and O–H groups in total. The highest BCUT2D eigenvalue weighted by molar-refractivity contribution is 7.90. The molecule has 0 saturated carbocycles. The highest BCUT2D eigenvalue weighted by atomic mass is 32.2. The molecule has 1 aliphatic rings. The van der Waals surface area contributed by atoms with E-state index in [9.17, 15) is 22.8 Å². The fraction of sp³-hybridized carbons (Fsp3) is 0.400. The molecule has 10 heteroatoms. The quantitative estimate of drug-likeness (QED) is 0.650. The maximum atomic E-state index is 12.5. The Hall–Kier alpha value is -2.46. The molecule has 0 aliphatic carbocycles. The van der Waals surface area contributed by atoms with Crippen molar-refractivity contribution in [3.8, 4) is 0 Å². The summed E-state index contributed by atoms with van der Waals surface area (Å²) in [7, 11) is -3.98. The summed E-state index contributed by atoms with van der Waals surface area (Å²) in [6, 6.07) is 3.31. The van der Waals surface area contributed by atoms with E-state index < -0.39 is 40.5 Å². The van der Waals surface area contributed by atoms with Gasteiger partial charge in [-0.15, -0.1) is 0 Å². The summed E-state index contributed by atoms with van der Waals surface area (Å²) < 4.78 is 30.5. The van der Waals surface area contributed by atoms with Crippen LogP contribution in [0, 0.1) is 0 Å². The number of carbonyl (C=O) groups is 3. The molecular weight excluding hydrogens is 352 g/mol. The van der Waals surface area contributed by atoms with Gasteiger partial charge in [-0.3, -0.25) is 9.59 Å². The van der Waals surface area contributed by atoms with Crippen LogP contribution in [0.5, 0.6) is 0 Å². The molecule has 2 amide bonds. The number of ether oxygens (including phenoxy) is 1. The minimum Gasteiger partial charge on any atom is -0.480 e. The van der Waals surface area contributed by atoms with Crippen molar-refractivity contribution in [1.29, 1.82) is 0 Å². The van der Waals surface area contributed by atoms with Crippen LogP contribution in [-0.4, -0.2) is 61.4 Å². The fourth-order valence-electron chi connectivity index (χ4n) is 2.40. The summed E-state index contributed by atoms with van der Waals surface area (Å²) in [6.45, 7) is 2.77. The predicted octanol–water partition coefficient (Wildman–Crippen LogP) is 0.0705. The monoisotopic (exact) mass is 370 g/mol. The van der Waals surface area contributed by atoms with Gasteiger partial charge in [-0.2, -0.15) is 0 Å². The number of carboxylic acid groups (broad SMARTS) is 1. The largest absolute Gasteiger partial charge is 0.480 e. The molecule has 2 rings (SSSR count). The third-order valence-electron chi connectivity index (χ3n) is 3.44. The van der Waals surface area contributed by atoms with Gasteiger partial charge in [0.15, 0.2) is 0 Å². The SMILES string of the molecule is CC(C)N1C(=O)c2ccc(C(=O)NCCOCC(=O)O)cc2S1(=O)=O. The van der Waals surface area contributed by atoms with Crippen molar-refractivity contribution in [3.05, 3.63) is 29.3 Å². The number of nitrogens with one attached hydrogen (secondary N) is 1. The molecule has 25 heavy (non-hydrogen) atoms. The number of aliphatic carboxylic acids is 1. The van der Waals surface area contributed by atoms with Crippen LogP contribution in [0.3, 0.4) is 0 Å². The smallest absolute Gasteiger partial charge is 0.329 e. The van der Waals surface area contributed by atoms with Crippen molar-refractivity contribution >= 4 is 27.8 Å². The van der Waals surface area contributed by atoms with E-state index in [4.69, 9.17) is 9.84 Å². The number of hydrogen-bond donors (Lipinski definition) is 2. The van der Waals surface area contributed by atoms with Crippen molar-refractivity contribution in [2.75, 3.05) is 19.8 Å². The van der Waals surface area contributed by atoms with Gasteiger partial charge in [-0.05, 0) is 32.0 Å². The highest BCUT2D eigenvalue weighted by Crippen LogP contribution is 2.32. The number of carboxylic acids is 1. The van der Waals surface area contributed by atoms with Crippen LogP contribution in [0.25, 0.3) is 0 Å². The zero-order valence-electron chi connectivity index (χ0n) is 13.7. The molecule has 0 radical (unpaired) electrons. The van der Waals surface area contributed by atoms with E-state index in [0.29, 0.717) is 0 Å². The van der Waals surface area contributed by atoms with Crippen molar-refractivity contribution in [2.45, 2.75) is 24.8 Å². The number of hydrogen-bond acceptors (Lipinski definition) is 6. The van der Waals surface area contributed by atoms with Gasteiger partial charge < -0.3 is 15.2 Å². The average Bonchev–Trinajstić information content (AvgIpc) is 2.72. The maximum Gasteiger partial charge on any atom is 0.329 e. The van der Waals surface area contributed by atoms with Crippen molar-refractivity contribution in [3.63, 3.8) is 0 Å². The average molecular weight is 370 g/mol. The Bertz CT molecular complexity index is 817. The van der Waals surface area contributed by atoms with E-state index in [1.807, 2.05) is 0 Å². The molecule has 0 spiro atoms. The first-order valence-corrected chi connectivity index (χ1v) is 8.91. The Morgan fingerprint density at radius 1 is 1.32 bits per heavy atom. The molecule has 9 nitrogen and oxygen atoms in total. The summed E-state index contributed by atoms with van der Waals surface area (Å²) in [5.41, 5.74) is 0.119. The number of carbonyl (C=O) groups excluding carboxylic acids is 2. The van der Waals surface area contributed by atoms with Gasteiger partial charge in [-0.25, -0.2) is 17.5 Å². The molecule has 0 atom stereocenters. The minimum atomic E-state index is -3.98. The molecule has 0 unspecified atom stereocenters. The van der Waals surface area contributed by atoms with Gasteiger partial charge in [0.05, 0.1) is 12.2 Å². The van der Waals surface area contributed by atoms with Gasteiger partial charge in [0.2, 0.25) is 0 Å². The summed E-state index contributed by atoms with van der Waals surface area (Å²) >= 11 is 0. The van der Waals surface area contributed by atoms with Crippen LogP contribution < -0.4 is 5.32 Å². The second-order valence-corrected chi connectivity index (χ2v) is 7.40. The van der Waals surface area contributed by atoms with E-state index in [-0.39, 0.29) is 29.2 Å². The Morgan fingerprint density at radius 2 is 2.00 bits per heavy atom. The van der Waals surface area contributed by atoms with Crippen molar-refractivity contribution in [1.82, 2.24) is 9.62 Å². The first-order valence-electron chi connectivity index (χ1n) is 7.47. The maximum absolute atomic E-state index is 12.5. The van der Waals surface area contributed by atoms with Crippen LogP contribution in [-0.2, 0) is 19.6 Å². The second-order valence-electron chi connectivity index (χ2n) is 5.61. The molecule has 136 valence electrons. The molecular formula is C15H18N2O7S. The van der Waals surface area contributed by atoms with Crippen LogP contribution in [0.4, 0.5) is 0 Å². The molecule has 1 aromatic rings. The molecule has 1 aromatic carbocycles. The Kier molecular flexibility index (Phi) is 5.43. The molecule has 1 aliphatic heterocycles. The van der Waals surface area contributed by atoms with E-state index in [2.05, 4.69) is 5.32 Å². The van der Waals surface area contributed by atoms with Gasteiger partial charge in [0, 0.05) is 18.2 Å². The van der Waals surface area contributed by atoms with Crippen molar-refractivity contribution in [2.24, 2.45) is 0 Å². The zero-order chi connectivity index (χ0) is 18.8. The van der Waals surface area contributed by atoms with Crippen LogP contribution in [0.1, 0.15) is 34.6 Å². The Labute approximate surface area is 144 Å². The lowest BCUT2D eigenvalue weighted by Crippen LogP contribution is -2.36. The van der Waals surface area contributed by atoms with Gasteiger partial charge in [0.1, 0.15) is 11.5 Å². The molecule has 0 bridgehead atoms. The number of benzene rings is 1. The van der Waals surface area contributed by atoms with E-state index in [0.717, 1.165) is 4.31 Å². The summed E-state index contributed by atoms with van der Waals surface area (Å²) in [4.78, 5) is 34.4. The van der Waals surface area contributed by atoms with E-state index in [1.165, 1.54) is 18.2 Å². The second kappa shape index (κ2) is 7.19. The van der Waals surface area contributed by atoms with Crippen molar-refractivity contribution < 1.29 is 32.6 Å². The third kappa shape index (κ3) is 3.80. The third-order valence-corrected chi connectivity index (χ3v) is 5.44. The number of amides is 2. The molecule has 0 fully saturated rings. The Morgan fingerprint density at radius 3 is 2.60 bits per heavy atom. The number of nitrogens with zero attached hydrogens (tertiary/aromatic N) is 1. The van der Waals surface area contributed by atoms with Crippen LogP contribution in [0.15, 0.2) is 23.1 Å². The molecule has 0 aromatic heterocycles. The highest BCUT2D eigenvalue weighted by Gasteiger charge is 2.42. The first-order chi connectivity index (χ1) is 11.7. The topological polar surface area (TPSA) is 130 Å². The van der Waals surface area contributed by atoms with Crippen LogP contribution in [0.2, 0.25) is 0 Å². The summed E-state index contributed by atoms with van der Waals surface area (Å²) in [5, 5.41) is 10.9. The summed E-state index contributed by atoms with van der Waals surface area (Å²) in [5.74, 6) is -2.28. The lowest BCUT2D eigenvalue weighted by Gasteiger charge is -2.18. The fourth-order valence-corrected chi connectivity index (χ4v) is 4.19. The van der Waals surface area contributed by atoms with E-state index in [1.54, 1.807) is 13.8 Å².